The van der Waals surface area contributed by atoms with Crippen LogP contribution >= 0.6 is 15.9 Å². The number of rotatable bonds is 2. The van der Waals surface area contributed by atoms with Crippen LogP contribution in [0.3, 0.4) is 0 Å². The van der Waals surface area contributed by atoms with Gasteiger partial charge < -0.3 is 10.1 Å². The number of aliphatic imine (C=N–C) groups is 1. The zero-order valence-corrected chi connectivity index (χ0v) is 14.5. The van der Waals surface area contributed by atoms with Crippen molar-refractivity contribution in [1.29, 1.82) is 0 Å². The van der Waals surface area contributed by atoms with Crippen LogP contribution in [0, 0.1) is 0 Å². The van der Waals surface area contributed by atoms with Crippen molar-refractivity contribution in [2.24, 2.45) is 4.99 Å². The fraction of sp³-hybridized carbons (Fsp3) is 0.100. The topological polar surface area (TPSA) is 41.5 Å². The van der Waals surface area contributed by atoms with E-state index in [0.29, 0.717) is 6.54 Å². The number of hydrogen-bond donors (Lipinski definition) is 1. The van der Waals surface area contributed by atoms with E-state index < -0.39 is 0 Å². The largest absolute Gasteiger partial charge is 0.373 e. The predicted octanol–water partition coefficient (Wildman–Crippen LogP) is 4.43. The van der Waals surface area contributed by atoms with Gasteiger partial charge in [0.05, 0.1) is 17.9 Å². The van der Waals surface area contributed by atoms with Gasteiger partial charge in [-0.1, -0.05) is 64.5 Å². The van der Waals surface area contributed by atoms with E-state index in [9.17, 15) is 4.79 Å². The first kappa shape index (κ1) is 15.1. The molecule has 0 bridgehead atoms. The van der Waals surface area contributed by atoms with E-state index in [1.165, 1.54) is 0 Å². The highest BCUT2D eigenvalue weighted by Gasteiger charge is 2.21. The Morgan fingerprint density at radius 1 is 1.08 bits per heavy atom. The van der Waals surface area contributed by atoms with E-state index in [-0.39, 0.29) is 6.04 Å². The second-order valence-corrected chi connectivity index (χ2v) is 6.71. The Kier molecular flexibility index (Phi) is 3.90. The van der Waals surface area contributed by atoms with Gasteiger partial charge in [-0.3, -0.25) is 4.99 Å². The first-order valence-electron chi connectivity index (χ1n) is 7.80. The Hall–Kier alpha value is -2.46. The van der Waals surface area contributed by atoms with Gasteiger partial charge in [-0.2, -0.15) is 0 Å². The molecule has 0 saturated heterocycles. The second kappa shape index (κ2) is 6.21. The lowest BCUT2D eigenvalue weighted by atomic mass is 9.96. The van der Waals surface area contributed by atoms with Gasteiger partial charge in [-0.05, 0) is 17.5 Å². The molecule has 118 valence electrons. The number of nitrogens with one attached hydrogen (secondary N) is 1. The van der Waals surface area contributed by atoms with Crippen LogP contribution in [-0.4, -0.2) is 24.6 Å². The third kappa shape index (κ3) is 2.63. The molecule has 0 fully saturated rings. The van der Waals surface area contributed by atoms with Crippen LogP contribution in [-0.2, 0) is 4.79 Å². The number of benzene rings is 3. The van der Waals surface area contributed by atoms with Gasteiger partial charge >= 0.3 is 0 Å². The molecule has 3 nitrogen and oxygen atoms in total. The number of nitrogens with zero attached hydrogens (tertiary/aromatic N) is 1. The van der Waals surface area contributed by atoms with Crippen LogP contribution in [0.15, 0.2) is 70.1 Å². The van der Waals surface area contributed by atoms with Crippen molar-refractivity contribution in [2.45, 2.75) is 6.04 Å². The molecule has 0 radical (unpaired) electrons. The summed E-state index contributed by atoms with van der Waals surface area (Å²) in [5.41, 5.74) is 3.95. The van der Waals surface area contributed by atoms with E-state index >= 15 is 0 Å². The summed E-state index contributed by atoms with van der Waals surface area (Å²) in [6.45, 7) is 0.425. The van der Waals surface area contributed by atoms with Crippen molar-refractivity contribution in [3.8, 4) is 0 Å². The lowest BCUT2D eigenvalue weighted by molar-refractivity contribution is -0.108. The average Bonchev–Trinajstić information content (AvgIpc) is 2.81. The number of anilines is 1. The lowest BCUT2D eigenvalue weighted by Gasteiger charge is -2.15. The zero-order valence-electron chi connectivity index (χ0n) is 12.9. The molecule has 24 heavy (non-hydrogen) atoms. The molecular formula is C20H15BrN2O. The molecule has 3 aromatic rings. The molecule has 0 aliphatic carbocycles. The number of carbonyl (C=O) groups excluding carboxylic acids is 1. The van der Waals surface area contributed by atoms with Crippen LogP contribution < -0.4 is 5.32 Å². The van der Waals surface area contributed by atoms with Crippen molar-refractivity contribution in [1.82, 2.24) is 0 Å². The molecular weight excluding hydrogens is 364 g/mol. The Labute approximate surface area is 148 Å². The minimum absolute atomic E-state index is 0.320. The van der Waals surface area contributed by atoms with Crippen LogP contribution in [0.1, 0.15) is 11.1 Å². The van der Waals surface area contributed by atoms with Crippen molar-refractivity contribution in [2.75, 3.05) is 11.9 Å². The highest BCUT2D eigenvalue weighted by atomic mass is 79.9. The summed E-state index contributed by atoms with van der Waals surface area (Å²) in [5.74, 6) is 0. The molecule has 0 spiro atoms. The average molecular weight is 379 g/mol. The van der Waals surface area contributed by atoms with Crippen LogP contribution in [0.2, 0.25) is 0 Å². The van der Waals surface area contributed by atoms with Gasteiger partial charge in [0.1, 0.15) is 12.3 Å². The molecule has 1 atom stereocenters. The van der Waals surface area contributed by atoms with E-state index in [4.69, 9.17) is 4.99 Å². The summed E-state index contributed by atoms with van der Waals surface area (Å²) in [6.07, 6.45) is 0.929. The highest BCUT2D eigenvalue weighted by molar-refractivity contribution is 9.10. The van der Waals surface area contributed by atoms with Crippen molar-refractivity contribution < 1.29 is 4.79 Å². The van der Waals surface area contributed by atoms with E-state index in [0.717, 1.165) is 44.1 Å². The van der Waals surface area contributed by atoms with Crippen LogP contribution in [0.25, 0.3) is 10.8 Å². The number of halogens is 1. The SMILES string of the molecule is O=CC1CN=C(c2cccc(Br)c2)c2ccc3ccccc3c2N1. The third-order valence-electron chi connectivity index (χ3n) is 4.22. The first-order chi connectivity index (χ1) is 11.8. The fourth-order valence-corrected chi connectivity index (χ4v) is 3.49. The van der Waals surface area contributed by atoms with Gasteiger partial charge in [0.15, 0.2) is 0 Å². The fourth-order valence-electron chi connectivity index (χ4n) is 3.09. The van der Waals surface area contributed by atoms with E-state index in [1.807, 2.05) is 30.3 Å². The summed E-state index contributed by atoms with van der Waals surface area (Å²) in [5, 5.41) is 5.62. The Balaban J connectivity index is 1.98. The quantitative estimate of drug-likeness (QED) is 0.670. The maximum atomic E-state index is 11.4. The Bertz CT molecular complexity index is 965. The third-order valence-corrected chi connectivity index (χ3v) is 4.72. The smallest absolute Gasteiger partial charge is 0.144 e. The highest BCUT2D eigenvalue weighted by Crippen LogP contribution is 2.32. The lowest BCUT2D eigenvalue weighted by Crippen LogP contribution is -2.23. The Morgan fingerprint density at radius 3 is 2.79 bits per heavy atom. The second-order valence-electron chi connectivity index (χ2n) is 5.80. The molecule has 4 rings (SSSR count). The van der Waals surface area contributed by atoms with E-state index in [2.05, 4.69) is 51.6 Å². The summed E-state index contributed by atoms with van der Waals surface area (Å²) in [4.78, 5) is 16.2. The van der Waals surface area contributed by atoms with Crippen molar-refractivity contribution >= 4 is 44.4 Å². The molecule has 0 saturated carbocycles. The number of aldehydes is 1. The zero-order chi connectivity index (χ0) is 16.5. The molecule has 1 aliphatic heterocycles. The summed E-state index contributed by atoms with van der Waals surface area (Å²) in [6, 6.07) is 20.1. The maximum Gasteiger partial charge on any atom is 0.144 e. The van der Waals surface area contributed by atoms with E-state index in [1.54, 1.807) is 0 Å². The summed E-state index contributed by atoms with van der Waals surface area (Å²) < 4.78 is 1.01. The normalized spacial score (nSPS) is 16.7. The standard InChI is InChI=1S/C20H15BrN2O/c21-15-6-3-5-14(10-15)19-18-9-8-13-4-1-2-7-17(13)20(18)23-16(12-24)11-22-19/h1-10,12,16,23H,11H2. The first-order valence-corrected chi connectivity index (χ1v) is 8.60. The van der Waals surface area contributed by atoms with Crippen molar-refractivity contribution in [3.05, 3.63) is 76.3 Å². The molecule has 1 unspecified atom stereocenters. The van der Waals surface area contributed by atoms with Crippen LogP contribution in [0.5, 0.6) is 0 Å². The maximum absolute atomic E-state index is 11.4. The van der Waals surface area contributed by atoms with Crippen molar-refractivity contribution in [3.63, 3.8) is 0 Å². The van der Waals surface area contributed by atoms with Crippen LogP contribution in [0.4, 0.5) is 5.69 Å². The number of hydrogen-bond acceptors (Lipinski definition) is 3. The van der Waals surface area contributed by atoms with Gasteiger partial charge in [0.2, 0.25) is 0 Å². The van der Waals surface area contributed by atoms with Gasteiger partial charge in [0.25, 0.3) is 0 Å². The summed E-state index contributed by atoms with van der Waals surface area (Å²) >= 11 is 3.53. The monoisotopic (exact) mass is 378 g/mol. The number of carbonyl (C=O) groups is 1. The van der Waals surface area contributed by atoms with Gasteiger partial charge in [0, 0.05) is 21.0 Å². The molecule has 4 heteroatoms. The molecule has 0 amide bonds. The molecule has 0 aromatic heterocycles. The molecule has 1 N–H and O–H groups in total. The predicted molar refractivity (Wildman–Crippen MR) is 102 cm³/mol. The minimum atomic E-state index is -0.320. The summed E-state index contributed by atoms with van der Waals surface area (Å²) in [7, 11) is 0. The van der Waals surface area contributed by atoms with Gasteiger partial charge in [-0.15, -0.1) is 0 Å². The number of fused-ring (bicyclic) bond motifs is 3. The molecule has 1 aliphatic rings. The Morgan fingerprint density at radius 2 is 1.96 bits per heavy atom. The molecule has 3 aromatic carbocycles. The van der Waals surface area contributed by atoms with Gasteiger partial charge in [-0.25, -0.2) is 0 Å². The molecule has 1 heterocycles. The minimum Gasteiger partial charge on any atom is -0.373 e.